The molecule has 3 rings (SSSR count). The standard InChI is InChI=1S/C22H27N3O4S/c1-22(2,3)29-21(26)24-14-13-23-18-12-8-11-17-19(15-25(4)20(17)18)30(27,28)16-9-6-5-7-10-16/h5-12,15,23H,13-14H2,1-4H3,(H,24,26). The molecule has 0 radical (unpaired) electrons. The Bertz CT molecular complexity index is 1150. The van der Waals surface area contributed by atoms with Crippen molar-refractivity contribution in [1.29, 1.82) is 0 Å². The third kappa shape index (κ3) is 4.76. The summed E-state index contributed by atoms with van der Waals surface area (Å²) in [4.78, 5) is 12.3. The maximum absolute atomic E-state index is 13.1. The number of amides is 1. The van der Waals surface area contributed by atoms with Gasteiger partial charge in [-0.1, -0.05) is 30.3 Å². The molecular formula is C22H27N3O4S. The van der Waals surface area contributed by atoms with E-state index in [0.29, 0.717) is 18.5 Å². The number of para-hydroxylation sites is 1. The Balaban J connectivity index is 1.80. The lowest BCUT2D eigenvalue weighted by molar-refractivity contribution is 0.0530. The van der Waals surface area contributed by atoms with E-state index in [9.17, 15) is 13.2 Å². The molecule has 0 bridgehead atoms. The number of hydrogen-bond acceptors (Lipinski definition) is 5. The van der Waals surface area contributed by atoms with Crippen LogP contribution in [0.3, 0.4) is 0 Å². The molecule has 3 aromatic rings. The maximum atomic E-state index is 13.1. The van der Waals surface area contributed by atoms with Crippen molar-refractivity contribution in [2.75, 3.05) is 18.4 Å². The van der Waals surface area contributed by atoms with Crippen LogP contribution in [0.4, 0.5) is 10.5 Å². The van der Waals surface area contributed by atoms with Gasteiger partial charge in [-0.05, 0) is 39.0 Å². The van der Waals surface area contributed by atoms with E-state index >= 15 is 0 Å². The Kier molecular flexibility index (Phi) is 6.07. The molecule has 0 aliphatic carbocycles. The largest absolute Gasteiger partial charge is 0.444 e. The minimum atomic E-state index is -3.64. The van der Waals surface area contributed by atoms with E-state index in [2.05, 4.69) is 10.6 Å². The van der Waals surface area contributed by atoms with Crippen LogP contribution < -0.4 is 10.6 Å². The highest BCUT2D eigenvalue weighted by Crippen LogP contribution is 2.33. The predicted octanol–water partition coefficient (Wildman–Crippen LogP) is 3.95. The van der Waals surface area contributed by atoms with Crippen molar-refractivity contribution in [2.24, 2.45) is 7.05 Å². The van der Waals surface area contributed by atoms with E-state index in [0.717, 1.165) is 11.2 Å². The molecule has 160 valence electrons. The molecule has 0 spiro atoms. The van der Waals surface area contributed by atoms with Crippen molar-refractivity contribution < 1.29 is 17.9 Å². The van der Waals surface area contributed by atoms with Crippen molar-refractivity contribution in [3.05, 3.63) is 54.7 Å². The topological polar surface area (TPSA) is 89.4 Å². The summed E-state index contributed by atoms with van der Waals surface area (Å²) < 4.78 is 33.3. The monoisotopic (exact) mass is 429 g/mol. The molecule has 8 heteroatoms. The number of alkyl carbamates (subject to hydrolysis) is 1. The van der Waals surface area contributed by atoms with Crippen LogP contribution in [0.5, 0.6) is 0 Å². The van der Waals surface area contributed by atoms with Crippen LogP contribution in [0.1, 0.15) is 20.8 Å². The summed E-state index contributed by atoms with van der Waals surface area (Å²) in [7, 11) is -1.82. The van der Waals surface area contributed by atoms with Gasteiger partial charge in [0.05, 0.1) is 21.0 Å². The summed E-state index contributed by atoms with van der Waals surface area (Å²) in [6.45, 7) is 6.25. The van der Waals surface area contributed by atoms with E-state index < -0.39 is 21.5 Å². The summed E-state index contributed by atoms with van der Waals surface area (Å²) >= 11 is 0. The third-order valence-corrected chi connectivity index (χ3v) is 6.21. The summed E-state index contributed by atoms with van der Waals surface area (Å²) in [5, 5.41) is 6.61. The van der Waals surface area contributed by atoms with Crippen molar-refractivity contribution in [1.82, 2.24) is 9.88 Å². The Labute approximate surface area is 177 Å². The lowest BCUT2D eigenvalue weighted by Gasteiger charge is -2.19. The molecule has 1 aromatic heterocycles. The van der Waals surface area contributed by atoms with Crippen molar-refractivity contribution in [3.8, 4) is 0 Å². The fourth-order valence-electron chi connectivity index (χ4n) is 3.19. The number of hydrogen-bond donors (Lipinski definition) is 2. The van der Waals surface area contributed by atoms with Crippen molar-refractivity contribution >= 4 is 32.5 Å². The van der Waals surface area contributed by atoms with Crippen molar-refractivity contribution in [3.63, 3.8) is 0 Å². The fraction of sp³-hybridized carbons (Fsp3) is 0.318. The number of rotatable bonds is 6. The first kappa shape index (κ1) is 21.7. The third-order valence-electron chi connectivity index (χ3n) is 4.42. The number of nitrogens with one attached hydrogen (secondary N) is 2. The van der Waals surface area contributed by atoms with E-state index in [-0.39, 0.29) is 9.79 Å². The van der Waals surface area contributed by atoms with Crippen LogP contribution in [0.2, 0.25) is 0 Å². The normalized spacial score (nSPS) is 12.0. The summed E-state index contributed by atoms with van der Waals surface area (Å²) in [5.74, 6) is 0. The van der Waals surface area contributed by atoms with Gasteiger partial charge >= 0.3 is 6.09 Å². The van der Waals surface area contributed by atoms with Crippen LogP contribution in [-0.2, 0) is 21.6 Å². The Morgan fingerprint density at radius 3 is 2.40 bits per heavy atom. The second-order valence-corrected chi connectivity index (χ2v) is 9.90. The molecule has 2 aromatic carbocycles. The lowest BCUT2D eigenvalue weighted by atomic mass is 10.2. The Morgan fingerprint density at radius 2 is 1.73 bits per heavy atom. The van der Waals surface area contributed by atoms with E-state index in [1.165, 1.54) is 0 Å². The summed E-state index contributed by atoms with van der Waals surface area (Å²) in [6.07, 6.45) is 1.16. The smallest absolute Gasteiger partial charge is 0.407 e. The number of carbonyl (C=O) groups excluding carboxylic acids is 1. The minimum absolute atomic E-state index is 0.262. The predicted molar refractivity (Wildman–Crippen MR) is 118 cm³/mol. The molecule has 0 unspecified atom stereocenters. The molecule has 0 saturated heterocycles. The molecule has 1 amide bonds. The molecule has 1 heterocycles. The van der Waals surface area contributed by atoms with Crippen LogP contribution >= 0.6 is 0 Å². The van der Waals surface area contributed by atoms with E-state index in [4.69, 9.17) is 4.74 Å². The fourth-order valence-corrected chi connectivity index (χ4v) is 4.71. The van der Waals surface area contributed by atoms with Gasteiger partial charge in [0.15, 0.2) is 0 Å². The van der Waals surface area contributed by atoms with E-state index in [1.807, 2.05) is 40.0 Å². The highest BCUT2D eigenvalue weighted by atomic mass is 32.2. The van der Waals surface area contributed by atoms with Gasteiger partial charge in [-0.15, -0.1) is 0 Å². The number of sulfone groups is 1. The quantitative estimate of drug-likeness (QED) is 0.579. The Morgan fingerprint density at radius 1 is 1.03 bits per heavy atom. The second-order valence-electron chi connectivity index (χ2n) is 7.98. The molecule has 0 atom stereocenters. The maximum Gasteiger partial charge on any atom is 0.407 e. The number of benzene rings is 2. The SMILES string of the molecule is Cn1cc(S(=O)(=O)c2ccccc2)c2cccc(NCCNC(=O)OC(C)(C)C)c21. The first-order valence-electron chi connectivity index (χ1n) is 9.68. The van der Waals surface area contributed by atoms with Crippen LogP contribution in [0.25, 0.3) is 10.9 Å². The molecule has 0 aliphatic rings. The average Bonchev–Trinajstić information content (AvgIpc) is 3.03. The van der Waals surface area contributed by atoms with Gasteiger partial charge in [0, 0.05) is 31.7 Å². The van der Waals surface area contributed by atoms with E-state index in [1.54, 1.807) is 47.2 Å². The van der Waals surface area contributed by atoms with Gasteiger partial charge in [-0.25, -0.2) is 13.2 Å². The molecule has 0 fully saturated rings. The number of anilines is 1. The number of aromatic nitrogens is 1. The second kappa shape index (κ2) is 8.39. The minimum Gasteiger partial charge on any atom is -0.444 e. The van der Waals surface area contributed by atoms with Gasteiger partial charge < -0.3 is 19.9 Å². The number of fused-ring (bicyclic) bond motifs is 1. The molecule has 2 N–H and O–H groups in total. The van der Waals surface area contributed by atoms with Gasteiger partial charge in [0.1, 0.15) is 5.60 Å². The van der Waals surface area contributed by atoms with Crippen LogP contribution in [-0.4, -0.2) is 37.8 Å². The molecular weight excluding hydrogens is 402 g/mol. The Hall–Kier alpha value is -3.00. The van der Waals surface area contributed by atoms with Gasteiger partial charge in [-0.2, -0.15) is 0 Å². The lowest BCUT2D eigenvalue weighted by Crippen LogP contribution is -2.35. The summed E-state index contributed by atoms with van der Waals surface area (Å²) in [6, 6.07) is 13.9. The first-order valence-corrected chi connectivity index (χ1v) is 11.2. The van der Waals surface area contributed by atoms with Gasteiger partial charge in [0.2, 0.25) is 9.84 Å². The zero-order chi connectivity index (χ0) is 21.9. The number of aryl methyl sites for hydroxylation is 1. The highest BCUT2D eigenvalue weighted by Gasteiger charge is 2.23. The molecule has 7 nitrogen and oxygen atoms in total. The van der Waals surface area contributed by atoms with Crippen molar-refractivity contribution in [2.45, 2.75) is 36.2 Å². The summed E-state index contributed by atoms with van der Waals surface area (Å²) in [5.41, 5.74) is 1.02. The highest BCUT2D eigenvalue weighted by molar-refractivity contribution is 7.91. The van der Waals surface area contributed by atoms with Gasteiger partial charge in [0.25, 0.3) is 0 Å². The zero-order valence-corrected chi connectivity index (χ0v) is 18.4. The number of carbonyl (C=O) groups is 1. The zero-order valence-electron chi connectivity index (χ0n) is 17.6. The molecule has 0 saturated carbocycles. The van der Waals surface area contributed by atoms with Crippen LogP contribution in [0, 0.1) is 0 Å². The first-order chi connectivity index (χ1) is 14.1. The molecule has 0 aliphatic heterocycles. The number of ether oxygens (including phenoxy) is 1. The average molecular weight is 430 g/mol. The number of nitrogens with zero attached hydrogens (tertiary/aromatic N) is 1. The van der Waals surface area contributed by atoms with Gasteiger partial charge in [-0.3, -0.25) is 0 Å². The van der Waals surface area contributed by atoms with Crippen LogP contribution in [0.15, 0.2) is 64.5 Å². The molecule has 30 heavy (non-hydrogen) atoms.